The first kappa shape index (κ1) is 19.7. The zero-order valence-electron chi connectivity index (χ0n) is 16.9. The third-order valence-corrected chi connectivity index (χ3v) is 9.44. The molecule has 150 valence electrons. The first-order chi connectivity index (χ1) is 13.4. The molecule has 28 heavy (non-hydrogen) atoms. The molecule has 2 aromatic carbocycles. The Balaban J connectivity index is 1.32. The van der Waals surface area contributed by atoms with Crippen LogP contribution >= 0.6 is 0 Å². The van der Waals surface area contributed by atoms with Crippen molar-refractivity contribution in [2.75, 3.05) is 13.1 Å². The van der Waals surface area contributed by atoms with Crippen LogP contribution in [-0.2, 0) is 9.84 Å². The van der Waals surface area contributed by atoms with Gasteiger partial charge in [0.25, 0.3) is 0 Å². The number of likely N-dealkylation sites (tertiary alicyclic amines) is 1. The van der Waals surface area contributed by atoms with Gasteiger partial charge >= 0.3 is 0 Å². The Labute approximate surface area is 169 Å². The summed E-state index contributed by atoms with van der Waals surface area (Å²) in [6.45, 7) is 5.92. The largest absolute Gasteiger partial charge is 0.300 e. The van der Waals surface area contributed by atoms with Gasteiger partial charge in [-0.1, -0.05) is 48.5 Å². The molecule has 0 N–H and O–H groups in total. The lowest BCUT2D eigenvalue weighted by Gasteiger charge is -2.33. The second-order valence-corrected chi connectivity index (χ2v) is 11.7. The van der Waals surface area contributed by atoms with Crippen LogP contribution in [0.2, 0.25) is 0 Å². The van der Waals surface area contributed by atoms with E-state index < -0.39 is 14.6 Å². The molecule has 4 heteroatoms. The number of piperidine rings is 1. The smallest absolute Gasteiger partial charge is 0.183 e. The Kier molecular flexibility index (Phi) is 5.36. The summed E-state index contributed by atoms with van der Waals surface area (Å²) in [7, 11) is -3.31. The van der Waals surface area contributed by atoms with Crippen molar-refractivity contribution in [2.24, 2.45) is 5.92 Å². The van der Waals surface area contributed by atoms with E-state index in [4.69, 9.17) is 0 Å². The minimum atomic E-state index is -3.31. The summed E-state index contributed by atoms with van der Waals surface area (Å²) in [6, 6.07) is 20.5. The molecule has 4 rings (SSSR count). The van der Waals surface area contributed by atoms with Crippen molar-refractivity contribution in [1.29, 1.82) is 0 Å². The van der Waals surface area contributed by atoms with Crippen LogP contribution in [-0.4, -0.2) is 37.2 Å². The topological polar surface area (TPSA) is 37.4 Å². The number of fused-ring (bicyclic) bond motifs is 2. The van der Waals surface area contributed by atoms with Crippen molar-refractivity contribution < 1.29 is 8.42 Å². The van der Waals surface area contributed by atoms with E-state index in [0.29, 0.717) is 23.3 Å². The highest BCUT2D eigenvalue weighted by atomic mass is 32.2. The Bertz CT molecular complexity index is 893. The van der Waals surface area contributed by atoms with Gasteiger partial charge in [0.2, 0.25) is 0 Å². The molecule has 2 fully saturated rings. The van der Waals surface area contributed by atoms with Gasteiger partial charge in [0.1, 0.15) is 0 Å². The van der Waals surface area contributed by atoms with E-state index in [2.05, 4.69) is 35.2 Å². The zero-order chi connectivity index (χ0) is 19.8. The van der Waals surface area contributed by atoms with Gasteiger partial charge in [-0.15, -0.1) is 0 Å². The molecule has 0 spiro atoms. The average Bonchev–Trinajstić information content (AvgIpc) is 3.30. The number of rotatable bonds is 7. The van der Waals surface area contributed by atoms with Crippen molar-refractivity contribution in [3.63, 3.8) is 0 Å². The van der Waals surface area contributed by atoms with Crippen LogP contribution in [0.5, 0.6) is 0 Å². The highest BCUT2D eigenvalue weighted by molar-refractivity contribution is 7.92. The highest BCUT2D eigenvalue weighted by Gasteiger charge is 2.45. The molecule has 0 amide bonds. The van der Waals surface area contributed by atoms with E-state index in [-0.39, 0.29) is 0 Å². The Morgan fingerprint density at radius 1 is 0.964 bits per heavy atom. The molecule has 1 saturated heterocycles. The molecule has 0 radical (unpaired) electrons. The van der Waals surface area contributed by atoms with Gasteiger partial charge in [0, 0.05) is 12.6 Å². The van der Waals surface area contributed by atoms with Crippen LogP contribution in [0.25, 0.3) is 0 Å². The van der Waals surface area contributed by atoms with E-state index in [9.17, 15) is 8.42 Å². The summed E-state index contributed by atoms with van der Waals surface area (Å²) in [5, 5.41) is 0. The Hall–Kier alpha value is -1.65. The number of hydrogen-bond acceptors (Lipinski definition) is 3. The number of benzene rings is 2. The lowest BCUT2D eigenvalue weighted by atomic mass is 9.87. The van der Waals surface area contributed by atoms with Crippen LogP contribution in [0.3, 0.4) is 0 Å². The first-order valence-corrected chi connectivity index (χ1v) is 12.0. The van der Waals surface area contributed by atoms with E-state index >= 15 is 0 Å². The summed E-state index contributed by atoms with van der Waals surface area (Å²) < 4.78 is 25.3. The first-order valence-electron chi connectivity index (χ1n) is 10.5. The van der Waals surface area contributed by atoms with Crippen molar-refractivity contribution in [3.8, 4) is 0 Å². The van der Waals surface area contributed by atoms with Gasteiger partial charge in [-0.05, 0) is 75.6 Å². The summed E-state index contributed by atoms with van der Waals surface area (Å²) in [4.78, 5) is 3.04. The molecule has 0 unspecified atom stereocenters. The third-order valence-electron chi connectivity index (χ3n) is 6.89. The lowest BCUT2D eigenvalue weighted by Crippen LogP contribution is -2.37. The normalized spacial score (nSPS) is 25.3. The molecule has 1 aliphatic carbocycles. The molecular formula is C24H31NO2S. The maximum absolute atomic E-state index is 13.0. The molecule has 1 aliphatic heterocycles. The maximum atomic E-state index is 13.0. The second-order valence-electron chi connectivity index (χ2n) is 9.08. The Morgan fingerprint density at radius 3 is 2.21 bits per heavy atom. The van der Waals surface area contributed by atoms with E-state index in [1.54, 1.807) is 24.3 Å². The summed E-state index contributed by atoms with van der Waals surface area (Å²) in [6.07, 6.45) is 4.17. The molecule has 2 aliphatic rings. The summed E-state index contributed by atoms with van der Waals surface area (Å²) in [5.41, 5.74) is 1.49. The molecule has 3 nitrogen and oxygen atoms in total. The van der Waals surface area contributed by atoms with Gasteiger partial charge in [-0.25, -0.2) is 8.42 Å². The molecular weight excluding hydrogens is 366 g/mol. The van der Waals surface area contributed by atoms with Crippen molar-refractivity contribution in [3.05, 3.63) is 66.2 Å². The monoisotopic (exact) mass is 397 g/mol. The fourth-order valence-corrected chi connectivity index (χ4v) is 6.76. The van der Waals surface area contributed by atoms with Gasteiger partial charge in [-0.3, -0.25) is 0 Å². The quantitative estimate of drug-likeness (QED) is 0.667. The second kappa shape index (κ2) is 7.64. The highest BCUT2D eigenvalue weighted by Crippen LogP contribution is 2.47. The predicted octanol–water partition coefficient (Wildman–Crippen LogP) is 4.90. The van der Waals surface area contributed by atoms with E-state index in [1.807, 2.05) is 19.9 Å². The van der Waals surface area contributed by atoms with Crippen LogP contribution < -0.4 is 0 Å². The molecule has 0 aromatic heterocycles. The number of sulfone groups is 1. The maximum Gasteiger partial charge on any atom is 0.183 e. The van der Waals surface area contributed by atoms with E-state index in [0.717, 1.165) is 25.4 Å². The standard InChI is InChI=1S/C24H31NO2S/c1-24(2,28(26,27)22-12-7-4-8-13-22)14-9-15-25-18-20-16-21(25)17-23(20)19-10-5-3-6-11-19/h3-8,10-13,20-21,23H,9,14-18H2,1-2H3/t20-,21-,23+/m0/s1. The third kappa shape index (κ3) is 3.65. The van der Waals surface area contributed by atoms with Crippen LogP contribution in [0, 0.1) is 5.92 Å². The number of nitrogens with zero attached hydrogens (tertiary/aromatic N) is 1. The minimum absolute atomic E-state index is 0.436. The van der Waals surface area contributed by atoms with Crippen molar-refractivity contribution >= 4 is 9.84 Å². The fraction of sp³-hybridized carbons (Fsp3) is 0.500. The molecule has 1 heterocycles. The van der Waals surface area contributed by atoms with Crippen molar-refractivity contribution in [1.82, 2.24) is 4.90 Å². The minimum Gasteiger partial charge on any atom is -0.300 e. The predicted molar refractivity (Wildman–Crippen MR) is 114 cm³/mol. The zero-order valence-corrected chi connectivity index (χ0v) is 17.7. The Morgan fingerprint density at radius 2 is 1.61 bits per heavy atom. The van der Waals surface area contributed by atoms with E-state index in [1.165, 1.54) is 18.4 Å². The summed E-state index contributed by atoms with van der Waals surface area (Å²) >= 11 is 0. The van der Waals surface area contributed by atoms with Crippen LogP contribution in [0.4, 0.5) is 0 Å². The number of hydrogen-bond donors (Lipinski definition) is 0. The molecule has 1 saturated carbocycles. The van der Waals surface area contributed by atoms with Crippen LogP contribution in [0.15, 0.2) is 65.6 Å². The summed E-state index contributed by atoms with van der Waals surface area (Å²) in [5.74, 6) is 1.46. The van der Waals surface area contributed by atoms with Crippen molar-refractivity contribution in [2.45, 2.75) is 61.1 Å². The molecule has 2 aromatic rings. The van der Waals surface area contributed by atoms with Crippen LogP contribution in [0.1, 0.15) is 51.0 Å². The lowest BCUT2D eigenvalue weighted by molar-refractivity contribution is 0.194. The average molecular weight is 398 g/mol. The van der Waals surface area contributed by atoms with Gasteiger partial charge in [0.05, 0.1) is 9.64 Å². The molecule has 3 atom stereocenters. The SMILES string of the molecule is CC(C)(CCCN1C[C@@H]2C[C@H]1C[C@@H]2c1ccccc1)S(=O)(=O)c1ccccc1. The van der Waals surface area contributed by atoms with Gasteiger partial charge in [0.15, 0.2) is 9.84 Å². The molecule has 2 bridgehead atoms. The van der Waals surface area contributed by atoms with Gasteiger partial charge < -0.3 is 4.90 Å². The fourth-order valence-electron chi connectivity index (χ4n) is 5.19. The van der Waals surface area contributed by atoms with Gasteiger partial charge in [-0.2, -0.15) is 0 Å².